The number of anilines is 2. The normalized spacial score (nSPS) is 24.1. The number of imide groups is 1. The van der Waals surface area contributed by atoms with Gasteiger partial charge in [0.05, 0.1) is 12.7 Å². The molecule has 1 N–H and O–H groups in total. The van der Waals surface area contributed by atoms with E-state index >= 15 is 9.18 Å². The lowest BCUT2D eigenvalue weighted by molar-refractivity contribution is -0.693. The minimum atomic E-state index is -5.64. The van der Waals surface area contributed by atoms with Crippen LogP contribution in [-0.2, 0) is 20.4 Å². The van der Waals surface area contributed by atoms with Crippen LogP contribution in [0, 0.1) is 23.0 Å². The Bertz CT molecular complexity index is 2000. The Kier molecular flexibility index (Phi) is 7.75. The van der Waals surface area contributed by atoms with E-state index in [-0.39, 0.29) is 35.7 Å². The fourth-order valence-corrected chi connectivity index (χ4v) is 9.06. The van der Waals surface area contributed by atoms with Crippen LogP contribution in [0.5, 0.6) is 5.75 Å². The van der Waals surface area contributed by atoms with Gasteiger partial charge >= 0.3 is 15.9 Å². The van der Waals surface area contributed by atoms with Gasteiger partial charge in [0, 0.05) is 41.4 Å². The fourth-order valence-electron chi connectivity index (χ4n) is 6.53. The van der Waals surface area contributed by atoms with Gasteiger partial charge in [0.1, 0.15) is 18.1 Å². The third-order valence-electron chi connectivity index (χ3n) is 8.36. The number of sulfonamides is 1. The fraction of sp³-hybridized carbons (Fsp3) is 0.226. The largest absolute Gasteiger partial charge is 0.497 e. The van der Waals surface area contributed by atoms with E-state index in [2.05, 4.69) is 10.3 Å². The summed E-state index contributed by atoms with van der Waals surface area (Å²) in [6.07, 6.45) is -0.982. The maximum Gasteiger partial charge on any atom is 0.366 e. The van der Waals surface area contributed by atoms with Gasteiger partial charge in [-0.25, -0.2) is 18.6 Å². The van der Waals surface area contributed by atoms with Gasteiger partial charge in [-0.15, -0.1) is 11.3 Å². The molecule has 236 valence electrons. The molecule has 0 saturated carbocycles. The second kappa shape index (κ2) is 11.5. The molecule has 0 radical (unpaired) electrons. The lowest BCUT2D eigenvalue weighted by Crippen LogP contribution is -2.81. The summed E-state index contributed by atoms with van der Waals surface area (Å²) in [5, 5.41) is 29.0. The van der Waals surface area contributed by atoms with E-state index in [9.17, 15) is 28.0 Å². The molecule has 4 unspecified atom stereocenters. The number of amides is 2. The minimum absolute atomic E-state index is 0.0103. The maximum absolute atomic E-state index is 15.6. The monoisotopic (exact) mass is 665 g/mol. The van der Waals surface area contributed by atoms with Gasteiger partial charge in [0.25, 0.3) is 6.09 Å². The molecule has 4 aromatic rings. The number of nitrogens with zero attached hydrogens (tertiary/aromatic N) is 4. The Morgan fingerprint density at radius 3 is 2.63 bits per heavy atom. The van der Waals surface area contributed by atoms with Crippen molar-refractivity contribution in [1.82, 2.24) is 4.98 Å². The molecule has 3 aromatic carbocycles. The number of fused-ring (bicyclic) bond motifs is 1. The zero-order valence-electron chi connectivity index (χ0n) is 24.1. The third kappa shape index (κ3) is 4.28. The lowest BCUT2D eigenvalue weighted by Gasteiger charge is -2.54. The van der Waals surface area contributed by atoms with Crippen molar-refractivity contribution in [2.24, 2.45) is 0 Å². The number of benzene rings is 3. The number of nitrogens with one attached hydrogen (secondary N) is 1. The standard InChI is InChI=1S/C31H25F2N5O6S2/c1-2-44-26-10-6-4-8-22(26)31(23-17-36-25-9-5-3-7-21(23)25)28(39)38(30(40)41,18-20(16-34)37(31)29-35-13-14-45-29)46(42,43)27-12-11-19(32)15-24(27)33/h3-15,20,23,36H,2,17-18H2,1H3. The van der Waals surface area contributed by atoms with Gasteiger partial charge in [-0.1, -0.05) is 40.3 Å². The van der Waals surface area contributed by atoms with E-state index in [1.807, 2.05) is 6.07 Å². The maximum atomic E-state index is 15.6. The highest BCUT2D eigenvalue weighted by atomic mass is 32.2. The first-order valence-electron chi connectivity index (χ1n) is 14.0. The summed E-state index contributed by atoms with van der Waals surface area (Å²) in [4.78, 5) is 33.5. The van der Waals surface area contributed by atoms with Gasteiger partial charge in [-0.3, -0.25) is 0 Å². The van der Waals surface area contributed by atoms with Gasteiger partial charge in [0.2, 0.25) is 0 Å². The van der Waals surface area contributed by atoms with Crippen molar-refractivity contribution in [3.8, 4) is 11.8 Å². The average Bonchev–Trinajstić information content (AvgIpc) is 3.72. The van der Waals surface area contributed by atoms with Gasteiger partial charge < -0.3 is 24.9 Å². The average molecular weight is 666 g/mol. The molecular weight excluding hydrogens is 640 g/mol. The molecule has 11 nitrogen and oxygen atoms in total. The first-order valence-corrected chi connectivity index (χ1v) is 16.4. The molecule has 2 aliphatic heterocycles. The number of para-hydroxylation sites is 2. The van der Waals surface area contributed by atoms with Crippen LogP contribution in [0.4, 0.5) is 24.4 Å². The summed E-state index contributed by atoms with van der Waals surface area (Å²) in [6.45, 7) is 0.595. The summed E-state index contributed by atoms with van der Waals surface area (Å²) >= 11 is 1.05. The summed E-state index contributed by atoms with van der Waals surface area (Å²) in [5.74, 6) is -5.14. The Morgan fingerprint density at radius 2 is 1.96 bits per heavy atom. The van der Waals surface area contributed by atoms with Gasteiger partial charge in [-0.05, 0) is 36.8 Å². The predicted molar refractivity (Wildman–Crippen MR) is 160 cm³/mol. The number of quaternary nitrogens is 1. The topological polar surface area (TPSA) is 153 Å². The predicted octanol–water partition coefficient (Wildman–Crippen LogP) is 3.71. The SMILES string of the molecule is CCOc1ccccc1C1(C2CNc3ccccc32)C(=O)[N+](C(=O)[O-])(S(=O)(=O)c2ccc(F)cc2F)CC(C#N)N1c1nccs1. The zero-order chi connectivity index (χ0) is 32.9. The molecule has 46 heavy (non-hydrogen) atoms. The van der Waals surface area contributed by atoms with E-state index in [4.69, 9.17) is 4.74 Å². The van der Waals surface area contributed by atoms with Crippen LogP contribution in [0.1, 0.15) is 24.0 Å². The van der Waals surface area contributed by atoms with E-state index in [0.717, 1.165) is 11.3 Å². The molecule has 2 aliphatic rings. The first kappa shape index (κ1) is 31.1. The molecule has 1 aromatic heterocycles. The van der Waals surface area contributed by atoms with Crippen molar-refractivity contribution >= 4 is 44.2 Å². The molecule has 0 aliphatic carbocycles. The summed E-state index contributed by atoms with van der Waals surface area (Å²) in [5.41, 5.74) is -1.18. The molecule has 2 amide bonds. The van der Waals surface area contributed by atoms with Crippen LogP contribution in [0.3, 0.4) is 0 Å². The first-order chi connectivity index (χ1) is 22.0. The number of piperazine rings is 1. The number of halogens is 2. The number of nitriles is 1. The Labute approximate surface area is 266 Å². The smallest absolute Gasteiger partial charge is 0.366 e. The second-order valence-corrected chi connectivity index (χ2v) is 13.5. The molecule has 3 heterocycles. The van der Waals surface area contributed by atoms with Crippen molar-refractivity contribution in [2.45, 2.75) is 29.3 Å². The number of carbonyl (C=O) groups excluding carboxylic acids is 2. The molecule has 4 atom stereocenters. The lowest BCUT2D eigenvalue weighted by atomic mass is 9.70. The highest BCUT2D eigenvalue weighted by Gasteiger charge is 2.73. The number of rotatable bonds is 7. The number of ether oxygens (including phenoxy) is 1. The second-order valence-electron chi connectivity index (χ2n) is 10.6. The van der Waals surface area contributed by atoms with Crippen LogP contribution in [0.25, 0.3) is 0 Å². The van der Waals surface area contributed by atoms with Crippen LogP contribution in [0.2, 0.25) is 0 Å². The van der Waals surface area contributed by atoms with E-state index in [1.165, 1.54) is 17.2 Å². The van der Waals surface area contributed by atoms with Crippen molar-refractivity contribution in [1.29, 1.82) is 5.26 Å². The highest BCUT2D eigenvalue weighted by Crippen LogP contribution is 2.56. The summed E-state index contributed by atoms with van der Waals surface area (Å²) in [7, 11) is -5.64. The quantitative estimate of drug-likeness (QED) is 0.289. The van der Waals surface area contributed by atoms with Crippen LogP contribution < -0.4 is 20.1 Å². The van der Waals surface area contributed by atoms with E-state index < -0.39 is 66.5 Å². The number of carbonyl (C=O) groups is 2. The number of thiazole rings is 1. The van der Waals surface area contributed by atoms with Crippen LogP contribution in [-0.4, -0.2) is 55.0 Å². The number of hydrogen-bond acceptors (Lipinski definition) is 11. The highest BCUT2D eigenvalue weighted by molar-refractivity contribution is 7.86. The van der Waals surface area contributed by atoms with Crippen LogP contribution in [0.15, 0.2) is 83.2 Å². The van der Waals surface area contributed by atoms with Gasteiger partial charge in [0.15, 0.2) is 27.4 Å². The molecule has 15 heteroatoms. The van der Waals surface area contributed by atoms with Crippen molar-refractivity contribution in [3.05, 3.63) is 101 Å². The van der Waals surface area contributed by atoms with Crippen molar-refractivity contribution < 1.29 is 40.5 Å². The Hall–Kier alpha value is -4.91. The number of aromatic nitrogens is 1. The molecule has 0 bridgehead atoms. The molecule has 0 spiro atoms. The van der Waals surface area contributed by atoms with Gasteiger partial charge in [-0.2, -0.15) is 13.7 Å². The molecule has 6 rings (SSSR count). The van der Waals surface area contributed by atoms with Crippen LogP contribution >= 0.6 is 11.3 Å². The Balaban J connectivity index is 1.79. The number of carboxylic acid groups (broad SMARTS) is 1. The van der Waals surface area contributed by atoms with E-state index in [0.29, 0.717) is 23.4 Å². The summed E-state index contributed by atoms with van der Waals surface area (Å²) < 4.78 is 61.7. The minimum Gasteiger partial charge on any atom is -0.497 e. The van der Waals surface area contributed by atoms with Crippen molar-refractivity contribution in [3.63, 3.8) is 0 Å². The third-order valence-corrected chi connectivity index (χ3v) is 11.3. The number of hydrogen-bond donors (Lipinski definition) is 1. The zero-order valence-corrected chi connectivity index (χ0v) is 25.7. The van der Waals surface area contributed by atoms with E-state index in [1.54, 1.807) is 54.8 Å². The molecular formula is C31H25F2N5O6S2. The summed E-state index contributed by atoms with van der Waals surface area (Å²) in [6, 6.07) is 14.9. The Morgan fingerprint density at radius 1 is 1.22 bits per heavy atom. The molecule has 1 saturated heterocycles. The molecule has 1 fully saturated rings. The van der Waals surface area contributed by atoms with Crippen molar-refractivity contribution in [2.75, 3.05) is 29.9 Å².